The van der Waals surface area contributed by atoms with E-state index in [2.05, 4.69) is 15.3 Å². The summed E-state index contributed by atoms with van der Waals surface area (Å²) >= 11 is 0. The Morgan fingerprint density at radius 3 is 3.00 bits per heavy atom. The number of rotatable bonds is 5. The van der Waals surface area contributed by atoms with Crippen LogP contribution >= 0.6 is 0 Å². The molecule has 0 aliphatic carbocycles. The molecule has 2 N–H and O–H groups in total. The number of methoxy groups -OCH3 is 1. The molecule has 4 rings (SSSR count). The smallest absolute Gasteiger partial charge is 0.255 e. The van der Waals surface area contributed by atoms with Crippen LogP contribution in [0.5, 0.6) is 5.88 Å². The second-order valence-corrected chi connectivity index (χ2v) is 7.21. The van der Waals surface area contributed by atoms with Crippen molar-refractivity contribution >= 4 is 16.9 Å². The van der Waals surface area contributed by atoms with Gasteiger partial charge in [0.15, 0.2) is 0 Å². The Hall–Kier alpha value is -2.97. The number of aromatic nitrogens is 3. The molecule has 4 heterocycles. The molecule has 29 heavy (non-hydrogen) atoms. The first-order valence-corrected chi connectivity index (χ1v) is 9.57. The summed E-state index contributed by atoms with van der Waals surface area (Å²) in [6.07, 6.45) is 5.09. The first kappa shape index (κ1) is 19.4. The standard InChI is InChI=1S/C21H24N4O4/c1-13-3-6-23-19-15(21(27)24-16-5-8-29-12-17(16)26)11-25(20(13)19)10-14-4-7-22-18(9-14)28-2/h3-4,6-7,9,11,16-17,26H,5,8,10,12H2,1-2H3,(H,24,27). The fourth-order valence-electron chi connectivity index (χ4n) is 3.68. The van der Waals surface area contributed by atoms with E-state index >= 15 is 0 Å². The molecule has 0 bridgehead atoms. The molecule has 2 atom stereocenters. The Balaban J connectivity index is 1.68. The number of carbonyl (C=O) groups excluding carboxylic acids is 1. The summed E-state index contributed by atoms with van der Waals surface area (Å²) in [4.78, 5) is 21.6. The van der Waals surface area contributed by atoms with E-state index < -0.39 is 6.10 Å². The van der Waals surface area contributed by atoms with Crippen LogP contribution in [0.4, 0.5) is 0 Å². The Labute approximate surface area is 168 Å². The quantitative estimate of drug-likeness (QED) is 0.681. The third-order valence-corrected chi connectivity index (χ3v) is 5.20. The minimum absolute atomic E-state index is 0.230. The average molecular weight is 396 g/mol. The molecular weight excluding hydrogens is 372 g/mol. The molecule has 1 fully saturated rings. The predicted molar refractivity (Wildman–Crippen MR) is 107 cm³/mol. The molecule has 1 aliphatic heterocycles. The fraction of sp³-hybridized carbons (Fsp3) is 0.381. The van der Waals surface area contributed by atoms with Gasteiger partial charge in [-0.1, -0.05) is 0 Å². The maximum Gasteiger partial charge on any atom is 0.255 e. The molecule has 0 saturated carbocycles. The van der Waals surface area contributed by atoms with Gasteiger partial charge in [-0.25, -0.2) is 4.98 Å². The topological polar surface area (TPSA) is 98.5 Å². The van der Waals surface area contributed by atoms with Crippen LogP contribution in [0.3, 0.4) is 0 Å². The van der Waals surface area contributed by atoms with Crippen molar-refractivity contribution in [3.63, 3.8) is 0 Å². The minimum atomic E-state index is -0.708. The van der Waals surface area contributed by atoms with Crippen molar-refractivity contribution in [3.05, 3.63) is 53.5 Å². The predicted octanol–water partition coefficient (Wildman–Crippen LogP) is 1.68. The van der Waals surface area contributed by atoms with Crippen molar-refractivity contribution in [2.45, 2.75) is 32.0 Å². The lowest BCUT2D eigenvalue weighted by atomic mass is 10.1. The Morgan fingerprint density at radius 2 is 2.21 bits per heavy atom. The van der Waals surface area contributed by atoms with E-state index in [1.165, 1.54) is 0 Å². The van der Waals surface area contributed by atoms with E-state index in [9.17, 15) is 9.90 Å². The summed E-state index contributed by atoms with van der Waals surface area (Å²) in [5.41, 5.74) is 4.07. The summed E-state index contributed by atoms with van der Waals surface area (Å²) in [5.74, 6) is 0.297. The average Bonchev–Trinajstić information content (AvgIpc) is 3.09. The maximum atomic E-state index is 13.0. The molecular formula is C21H24N4O4. The molecule has 3 aromatic heterocycles. The van der Waals surface area contributed by atoms with E-state index in [1.807, 2.05) is 35.9 Å². The monoisotopic (exact) mass is 396 g/mol. The molecule has 8 heteroatoms. The second-order valence-electron chi connectivity index (χ2n) is 7.21. The van der Waals surface area contributed by atoms with Crippen LogP contribution in [-0.2, 0) is 11.3 Å². The number of hydrogen-bond acceptors (Lipinski definition) is 6. The van der Waals surface area contributed by atoms with Crippen molar-refractivity contribution in [1.82, 2.24) is 19.9 Å². The largest absolute Gasteiger partial charge is 0.481 e. The molecule has 2 unspecified atom stereocenters. The van der Waals surface area contributed by atoms with Crippen molar-refractivity contribution in [2.24, 2.45) is 0 Å². The van der Waals surface area contributed by atoms with E-state index in [0.717, 1.165) is 16.6 Å². The zero-order chi connectivity index (χ0) is 20.4. The molecule has 8 nitrogen and oxygen atoms in total. The van der Waals surface area contributed by atoms with Crippen LogP contribution in [-0.4, -0.2) is 58.0 Å². The van der Waals surface area contributed by atoms with Crippen molar-refractivity contribution < 1.29 is 19.4 Å². The van der Waals surface area contributed by atoms with Gasteiger partial charge in [-0.3, -0.25) is 9.78 Å². The number of nitrogens with zero attached hydrogens (tertiary/aromatic N) is 3. The van der Waals surface area contributed by atoms with Crippen molar-refractivity contribution in [1.29, 1.82) is 0 Å². The summed E-state index contributed by atoms with van der Waals surface area (Å²) in [6, 6.07) is 5.38. The number of fused-ring (bicyclic) bond motifs is 1. The van der Waals surface area contributed by atoms with Crippen LogP contribution in [0.1, 0.15) is 27.9 Å². The van der Waals surface area contributed by atoms with Gasteiger partial charge in [-0.15, -0.1) is 0 Å². The molecule has 1 aliphatic rings. The normalized spacial score (nSPS) is 19.3. The molecule has 3 aromatic rings. The lowest BCUT2D eigenvalue weighted by Gasteiger charge is -2.28. The number of amides is 1. The first-order valence-electron chi connectivity index (χ1n) is 9.57. The third kappa shape index (κ3) is 3.94. The first-order chi connectivity index (χ1) is 14.1. The molecule has 0 radical (unpaired) electrons. The van der Waals surface area contributed by atoms with Gasteiger partial charge in [0.2, 0.25) is 5.88 Å². The number of ether oxygens (including phenoxy) is 2. The number of aliphatic hydroxyl groups excluding tert-OH is 1. The van der Waals surface area contributed by atoms with Gasteiger partial charge >= 0.3 is 0 Å². The SMILES string of the molecule is COc1cc(Cn2cc(C(=O)NC3CCOCC3O)c3nccc(C)c32)ccn1. The molecule has 1 saturated heterocycles. The fourth-order valence-corrected chi connectivity index (χ4v) is 3.68. The van der Waals surface area contributed by atoms with E-state index in [-0.39, 0.29) is 18.6 Å². The van der Waals surface area contributed by atoms with Crippen LogP contribution < -0.4 is 10.1 Å². The summed E-state index contributed by atoms with van der Waals surface area (Å²) in [5, 5.41) is 13.0. The van der Waals surface area contributed by atoms with Gasteiger partial charge < -0.3 is 24.5 Å². The number of aryl methyl sites for hydroxylation is 1. The third-order valence-electron chi connectivity index (χ3n) is 5.20. The molecule has 1 amide bonds. The number of carbonyl (C=O) groups is 1. The van der Waals surface area contributed by atoms with Crippen molar-refractivity contribution in [3.8, 4) is 5.88 Å². The van der Waals surface area contributed by atoms with Gasteiger partial charge in [0, 0.05) is 37.8 Å². The molecule has 0 spiro atoms. The number of nitrogens with one attached hydrogen (secondary N) is 1. The highest BCUT2D eigenvalue weighted by Crippen LogP contribution is 2.24. The highest BCUT2D eigenvalue weighted by atomic mass is 16.5. The Bertz CT molecular complexity index is 1030. The highest BCUT2D eigenvalue weighted by Gasteiger charge is 2.27. The number of pyridine rings is 2. The lowest BCUT2D eigenvalue weighted by Crippen LogP contribution is -2.48. The van der Waals surface area contributed by atoms with E-state index in [0.29, 0.717) is 36.5 Å². The number of aliphatic hydroxyl groups is 1. The summed E-state index contributed by atoms with van der Waals surface area (Å²) < 4.78 is 12.5. The van der Waals surface area contributed by atoms with Crippen LogP contribution in [0, 0.1) is 6.92 Å². The van der Waals surface area contributed by atoms with Gasteiger partial charge in [0.05, 0.1) is 36.9 Å². The van der Waals surface area contributed by atoms with Crippen LogP contribution in [0.15, 0.2) is 36.8 Å². The second kappa shape index (κ2) is 8.18. The lowest BCUT2D eigenvalue weighted by molar-refractivity contribution is -0.0260. The van der Waals surface area contributed by atoms with Gasteiger partial charge in [0.25, 0.3) is 5.91 Å². The molecule has 0 aromatic carbocycles. The van der Waals surface area contributed by atoms with Crippen LogP contribution in [0.25, 0.3) is 11.0 Å². The van der Waals surface area contributed by atoms with E-state index in [1.54, 1.807) is 19.5 Å². The Morgan fingerprint density at radius 1 is 1.38 bits per heavy atom. The van der Waals surface area contributed by atoms with Crippen molar-refractivity contribution in [2.75, 3.05) is 20.3 Å². The Kier molecular flexibility index (Phi) is 5.46. The molecule has 152 valence electrons. The maximum absolute atomic E-state index is 13.0. The zero-order valence-electron chi connectivity index (χ0n) is 16.5. The minimum Gasteiger partial charge on any atom is -0.481 e. The zero-order valence-corrected chi connectivity index (χ0v) is 16.5. The number of hydrogen-bond donors (Lipinski definition) is 2. The van der Waals surface area contributed by atoms with E-state index in [4.69, 9.17) is 9.47 Å². The van der Waals surface area contributed by atoms with Gasteiger partial charge in [-0.05, 0) is 36.6 Å². The van der Waals surface area contributed by atoms with Gasteiger partial charge in [0.1, 0.15) is 5.52 Å². The summed E-state index contributed by atoms with van der Waals surface area (Å²) in [7, 11) is 1.58. The summed E-state index contributed by atoms with van der Waals surface area (Å²) in [6.45, 7) is 3.30. The highest BCUT2D eigenvalue weighted by molar-refractivity contribution is 6.06. The van der Waals surface area contributed by atoms with Gasteiger partial charge in [-0.2, -0.15) is 0 Å². The van der Waals surface area contributed by atoms with Crippen LogP contribution in [0.2, 0.25) is 0 Å².